The number of carboxylic acids is 1. The van der Waals surface area contributed by atoms with Gasteiger partial charge in [0.2, 0.25) is 53.2 Å². The third-order valence-corrected chi connectivity index (χ3v) is 14.0. The van der Waals surface area contributed by atoms with Crippen LogP contribution in [0.5, 0.6) is 0 Å². The SMILES string of the molecule is C[C@@H](O)[C@H](NC(=O)[C@@H]1CSSC[C@H](NC(=O)CNC(=O)CN)C(=O)N[C@@H](CCCN=C(N)N)C(=O)N[C@@H](Cc2ccccc2)C(=O)NCC(=O)N[C@@H]([C@@H](C)O)C(=O)N1)C(=O)CNCCOCCOCCOCC(=O)N[C@@H](CC(=O)O)C(=O)CN. The third kappa shape index (κ3) is 30.5. The minimum atomic E-state index is -1.74. The predicted octanol–water partition coefficient (Wildman–Crippen LogP) is -8.77. The number of aliphatic hydroxyl groups is 2. The fourth-order valence-corrected chi connectivity index (χ4v) is 9.57. The van der Waals surface area contributed by atoms with E-state index in [-0.39, 0.29) is 89.4 Å². The molecule has 0 saturated carbocycles. The van der Waals surface area contributed by atoms with Crippen molar-refractivity contribution in [2.75, 3.05) is 97.0 Å². The molecule has 0 spiro atoms. The molecular weight excluding hydrogens is 1150 g/mol. The van der Waals surface area contributed by atoms with Gasteiger partial charge in [0, 0.05) is 31.0 Å². The van der Waals surface area contributed by atoms with E-state index < -0.39 is 164 Å². The number of aliphatic hydroxyl groups excluding tert-OH is 2. The van der Waals surface area contributed by atoms with Gasteiger partial charge >= 0.3 is 5.97 Å². The van der Waals surface area contributed by atoms with Gasteiger partial charge in [-0.3, -0.25) is 62.5 Å². The van der Waals surface area contributed by atoms with Crippen LogP contribution < -0.4 is 76.1 Å². The average molecular weight is 1230 g/mol. The first-order valence-corrected chi connectivity index (χ1v) is 28.9. The van der Waals surface area contributed by atoms with Crippen LogP contribution >= 0.6 is 21.6 Å². The van der Waals surface area contributed by atoms with Crippen LogP contribution in [-0.4, -0.2) is 243 Å². The molecule has 84 heavy (non-hydrogen) atoms. The lowest BCUT2D eigenvalue weighted by Gasteiger charge is -2.28. The molecule has 35 heteroatoms. The molecule has 1 aliphatic heterocycles. The molecule has 0 unspecified atom stereocenters. The molecule has 470 valence electrons. The van der Waals surface area contributed by atoms with Gasteiger partial charge in [0.15, 0.2) is 17.5 Å². The molecule has 1 saturated heterocycles. The van der Waals surface area contributed by atoms with E-state index in [0.29, 0.717) is 5.56 Å². The monoisotopic (exact) mass is 1230 g/mol. The summed E-state index contributed by atoms with van der Waals surface area (Å²) in [6.07, 6.45) is -3.81. The van der Waals surface area contributed by atoms with Crippen molar-refractivity contribution in [2.45, 2.75) is 94.0 Å². The van der Waals surface area contributed by atoms with Crippen molar-refractivity contribution in [1.29, 1.82) is 0 Å². The topological polar surface area (TPSA) is 530 Å². The number of hydrogen-bond donors (Lipinski definition) is 17. The van der Waals surface area contributed by atoms with Crippen LogP contribution in [0, 0.1) is 0 Å². The van der Waals surface area contributed by atoms with Crippen LogP contribution in [0.25, 0.3) is 0 Å². The van der Waals surface area contributed by atoms with Crippen LogP contribution in [0.15, 0.2) is 35.3 Å². The third-order valence-electron chi connectivity index (χ3n) is 11.6. The molecule has 1 aliphatic rings. The fraction of sp³-hybridized carbons (Fsp3) is 0.612. The van der Waals surface area contributed by atoms with Gasteiger partial charge in [-0.25, -0.2) is 0 Å². The van der Waals surface area contributed by atoms with Gasteiger partial charge in [-0.05, 0) is 32.3 Å². The van der Waals surface area contributed by atoms with Crippen LogP contribution in [0.4, 0.5) is 0 Å². The summed E-state index contributed by atoms with van der Waals surface area (Å²) in [5.41, 5.74) is 22.2. The van der Waals surface area contributed by atoms with Crippen molar-refractivity contribution in [3.05, 3.63) is 35.9 Å². The summed E-state index contributed by atoms with van der Waals surface area (Å²) in [4.78, 5) is 161. The number of ketones is 2. The van der Waals surface area contributed by atoms with E-state index in [2.05, 4.69) is 58.2 Å². The van der Waals surface area contributed by atoms with Gasteiger partial charge in [-0.1, -0.05) is 51.9 Å². The maximum absolute atomic E-state index is 14.1. The zero-order chi connectivity index (χ0) is 62.6. The number of carboxylic acid groups (broad SMARTS) is 1. The second-order valence-electron chi connectivity index (χ2n) is 18.5. The number of nitrogens with one attached hydrogen (secondary N) is 10. The number of benzene rings is 1. The zero-order valence-corrected chi connectivity index (χ0v) is 48.2. The Bertz CT molecular complexity index is 2370. The summed E-state index contributed by atoms with van der Waals surface area (Å²) in [7, 11) is 1.78. The molecule has 0 aromatic heterocycles. The van der Waals surface area contributed by atoms with Crippen LogP contribution in [-0.2, 0) is 78.2 Å². The van der Waals surface area contributed by atoms with Gasteiger partial charge in [0.05, 0.1) is 90.4 Å². The van der Waals surface area contributed by atoms with Crippen LogP contribution in [0.2, 0.25) is 0 Å². The van der Waals surface area contributed by atoms with Crippen molar-refractivity contribution in [2.24, 2.45) is 27.9 Å². The Kier molecular flexibility index (Phi) is 35.7. The van der Waals surface area contributed by atoms with Crippen molar-refractivity contribution in [3.63, 3.8) is 0 Å². The van der Waals surface area contributed by atoms with Crippen LogP contribution in [0.1, 0.15) is 38.7 Å². The molecule has 2 rings (SSSR count). The number of ether oxygens (including phenoxy) is 3. The number of nitrogens with two attached hydrogens (primary N) is 4. The lowest BCUT2D eigenvalue weighted by Crippen LogP contribution is -2.61. The lowest BCUT2D eigenvalue weighted by molar-refractivity contribution is -0.140. The van der Waals surface area contributed by atoms with E-state index in [9.17, 15) is 67.7 Å². The molecular formula is C49H79N15O18S2. The quantitative estimate of drug-likeness (QED) is 0.0134. The van der Waals surface area contributed by atoms with Gasteiger partial charge in [0.1, 0.15) is 42.9 Å². The van der Waals surface area contributed by atoms with Crippen molar-refractivity contribution >= 4 is 98.2 Å². The number of amides is 9. The summed E-state index contributed by atoms with van der Waals surface area (Å²) in [6, 6.07) is -1.95. The van der Waals surface area contributed by atoms with Crippen molar-refractivity contribution in [3.8, 4) is 0 Å². The summed E-state index contributed by atoms with van der Waals surface area (Å²) in [5, 5.41) is 55.0. The predicted molar refractivity (Wildman–Crippen MR) is 304 cm³/mol. The minimum Gasteiger partial charge on any atom is -0.481 e. The molecule has 0 aliphatic carbocycles. The number of guanidine groups is 1. The number of nitrogens with zero attached hydrogens (tertiary/aromatic N) is 1. The lowest BCUT2D eigenvalue weighted by atomic mass is 10.0. The van der Waals surface area contributed by atoms with E-state index in [1.807, 2.05) is 0 Å². The number of rotatable bonds is 33. The maximum Gasteiger partial charge on any atom is 0.305 e. The summed E-state index contributed by atoms with van der Waals surface area (Å²) in [6.45, 7) is -0.281. The second-order valence-corrected chi connectivity index (χ2v) is 21.1. The van der Waals surface area contributed by atoms with Gasteiger partial charge in [-0.15, -0.1) is 0 Å². The maximum atomic E-state index is 14.1. The normalized spacial score (nSPS) is 19.8. The molecule has 33 nitrogen and oxygen atoms in total. The highest BCUT2D eigenvalue weighted by Crippen LogP contribution is 2.24. The van der Waals surface area contributed by atoms with Crippen molar-refractivity contribution < 1.29 is 87.1 Å². The van der Waals surface area contributed by atoms with Crippen LogP contribution in [0.3, 0.4) is 0 Å². The number of Topliss-reactive ketones (excluding diaryl/α,β-unsaturated/α-hetero) is 2. The number of aliphatic carboxylic acids is 1. The summed E-state index contributed by atoms with van der Waals surface area (Å²) < 4.78 is 16.0. The Hall–Kier alpha value is -7.09. The average Bonchev–Trinajstić information content (AvgIpc) is 3.66. The van der Waals surface area contributed by atoms with E-state index in [0.717, 1.165) is 21.6 Å². The zero-order valence-electron chi connectivity index (χ0n) is 46.6. The van der Waals surface area contributed by atoms with E-state index in [1.54, 1.807) is 30.3 Å². The molecule has 9 amide bonds. The molecule has 0 radical (unpaired) electrons. The van der Waals surface area contributed by atoms with E-state index in [1.165, 1.54) is 13.8 Å². The molecule has 0 bridgehead atoms. The van der Waals surface area contributed by atoms with E-state index in [4.69, 9.17) is 42.3 Å². The van der Waals surface area contributed by atoms with Gasteiger partial charge in [-0.2, -0.15) is 0 Å². The highest BCUT2D eigenvalue weighted by Gasteiger charge is 2.35. The van der Waals surface area contributed by atoms with E-state index >= 15 is 0 Å². The highest BCUT2D eigenvalue weighted by molar-refractivity contribution is 8.76. The number of aliphatic imine (C=N–C) groups is 1. The Labute approximate surface area is 491 Å². The van der Waals surface area contributed by atoms with Gasteiger partial charge in [0.25, 0.3) is 0 Å². The molecule has 1 aromatic carbocycles. The Balaban J connectivity index is 2.26. The largest absolute Gasteiger partial charge is 0.481 e. The second kappa shape index (κ2) is 41.0. The Morgan fingerprint density at radius 2 is 1.39 bits per heavy atom. The molecule has 1 heterocycles. The Morgan fingerprint density at radius 3 is 2.02 bits per heavy atom. The number of hydrogen-bond acceptors (Lipinski definition) is 23. The summed E-state index contributed by atoms with van der Waals surface area (Å²) >= 11 is 0. The number of carbonyl (C=O) groups excluding carboxylic acids is 11. The first-order chi connectivity index (χ1) is 39.9. The molecule has 1 fully saturated rings. The number of carbonyl (C=O) groups is 12. The molecule has 21 N–H and O–H groups in total. The first-order valence-electron chi connectivity index (χ1n) is 26.4. The van der Waals surface area contributed by atoms with Gasteiger partial charge < -0.3 is 106 Å². The molecule has 1 aromatic rings. The van der Waals surface area contributed by atoms with Crippen molar-refractivity contribution in [1.82, 2.24) is 53.2 Å². The fourth-order valence-electron chi connectivity index (χ4n) is 7.25. The summed E-state index contributed by atoms with van der Waals surface area (Å²) in [5.74, 6) is -11.5. The highest BCUT2D eigenvalue weighted by atomic mass is 33.1. The molecule has 9 atom stereocenters. The Morgan fingerprint density at radius 1 is 0.738 bits per heavy atom. The first kappa shape index (κ1) is 73.0. The minimum absolute atomic E-state index is 0.0201. The standard InChI is InChI=1S/C49H79N15O18S2/c1-27(65)42(36(68)21-54-11-12-80-13-14-81-15-16-82-24-40(72)58-31(18-41(73)74)35(67)19-50)64-47(78)34-26-84-83-25-33(59-38(70)22-56-37(69)20-51)46(77)60-30(9-6-10-55-49(52)53)45(76)61-32(17-29-7-4-3-5-8-29)44(75)57-23-39(71)63-43(28(2)66)48(79)62-34/h3-5,7-8,27-28,30-34,42-43,54,65-66H,6,9-26,50-51H2,1-2H3,(H,56,69)(H,57,75)(H,58,72)(H,59,70)(H,60,77)(H,61,76)(H,62,79)(H,63,71)(H,64,78)(H,73,74)(H4,52,53,55)/t27-,28-,30+,31+,32+,33+,34+,42+,43+/m1/s1. The smallest absolute Gasteiger partial charge is 0.305 e.